The Labute approximate surface area is 74.6 Å². The first-order chi connectivity index (χ1) is 5.54. The van der Waals surface area contributed by atoms with Gasteiger partial charge in [0.1, 0.15) is 5.54 Å². The van der Waals surface area contributed by atoms with Crippen LogP contribution < -0.4 is 5.73 Å². The summed E-state index contributed by atoms with van der Waals surface area (Å²) < 4.78 is 4.46. The van der Waals surface area contributed by atoms with Gasteiger partial charge in [-0.3, -0.25) is 4.79 Å². The second kappa shape index (κ2) is 6.85. The standard InChI is InChI=1S/C7H13NO2.C2H6/c1-4-5-7(2,8)6(9)10-3;1-2/h4H,1,5,8H2,2-3H3;1-2H3. The maximum atomic E-state index is 10.8. The highest BCUT2D eigenvalue weighted by Gasteiger charge is 2.27. The van der Waals surface area contributed by atoms with Crippen LogP contribution in [0.3, 0.4) is 0 Å². The van der Waals surface area contributed by atoms with Crippen molar-refractivity contribution < 1.29 is 9.53 Å². The maximum Gasteiger partial charge on any atom is 0.325 e. The molecule has 0 amide bonds. The van der Waals surface area contributed by atoms with Crippen LogP contribution in [-0.2, 0) is 9.53 Å². The molecule has 0 aliphatic carbocycles. The minimum Gasteiger partial charge on any atom is -0.468 e. The fourth-order valence-electron chi connectivity index (χ4n) is 0.616. The molecule has 0 spiro atoms. The lowest BCUT2D eigenvalue weighted by Crippen LogP contribution is -2.45. The van der Waals surface area contributed by atoms with Crippen LogP contribution in [-0.4, -0.2) is 18.6 Å². The first-order valence-electron chi connectivity index (χ1n) is 4.03. The third-order valence-corrected chi connectivity index (χ3v) is 1.22. The number of nitrogens with two attached hydrogens (primary N) is 1. The minimum atomic E-state index is -0.920. The van der Waals surface area contributed by atoms with Crippen molar-refractivity contribution in [3.05, 3.63) is 12.7 Å². The van der Waals surface area contributed by atoms with E-state index in [1.165, 1.54) is 7.11 Å². The maximum absolute atomic E-state index is 10.8. The third kappa shape index (κ3) is 4.91. The van der Waals surface area contributed by atoms with Gasteiger partial charge < -0.3 is 10.5 Å². The lowest BCUT2D eigenvalue weighted by Gasteiger charge is -2.18. The van der Waals surface area contributed by atoms with Crippen molar-refractivity contribution in [1.82, 2.24) is 0 Å². The van der Waals surface area contributed by atoms with E-state index in [4.69, 9.17) is 5.73 Å². The summed E-state index contributed by atoms with van der Waals surface area (Å²) in [5.74, 6) is -0.410. The van der Waals surface area contributed by atoms with E-state index in [0.29, 0.717) is 6.42 Å². The fraction of sp³-hybridized carbons (Fsp3) is 0.667. The minimum absolute atomic E-state index is 0.410. The second-order valence-corrected chi connectivity index (χ2v) is 2.40. The van der Waals surface area contributed by atoms with E-state index in [-0.39, 0.29) is 0 Å². The van der Waals surface area contributed by atoms with Crippen molar-refractivity contribution in [2.45, 2.75) is 32.7 Å². The van der Waals surface area contributed by atoms with Crippen LogP contribution in [0.2, 0.25) is 0 Å². The molecule has 3 nitrogen and oxygen atoms in total. The molecule has 0 aromatic heterocycles. The zero-order valence-electron chi connectivity index (χ0n) is 8.39. The average molecular weight is 173 g/mol. The van der Waals surface area contributed by atoms with Gasteiger partial charge >= 0.3 is 5.97 Å². The lowest BCUT2D eigenvalue weighted by atomic mass is 10.0. The van der Waals surface area contributed by atoms with Crippen LogP contribution in [0.25, 0.3) is 0 Å². The largest absolute Gasteiger partial charge is 0.468 e. The predicted octanol–water partition coefficient (Wildman–Crippen LogP) is 1.48. The Morgan fingerprint density at radius 2 is 2.08 bits per heavy atom. The Balaban J connectivity index is 0. The molecule has 0 saturated carbocycles. The highest BCUT2D eigenvalue weighted by atomic mass is 16.5. The molecule has 12 heavy (non-hydrogen) atoms. The molecule has 0 saturated heterocycles. The van der Waals surface area contributed by atoms with Crippen molar-refractivity contribution >= 4 is 5.97 Å². The van der Waals surface area contributed by atoms with Gasteiger partial charge in [-0.15, -0.1) is 6.58 Å². The van der Waals surface area contributed by atoms with E-state index < -0.39 is 11.5 Å². The summed E-state index contributed by atoms with van der Waals surface area (Å²) in [4.78, 5) is 10.8. The molecule has 1 atom stereocenters. The Hall–Kier alpha value is -0.830. The highest BCUT2D eigenvalue weighted by Crippen LogP contribution is 2.07. The van der Waals surface area contributed by atoms with Crippen molar-refractivity contribution in [2.75, 3.05) is 7.11 Å². The molecule has 0 fully saturated rings. The molecule has 0 bridgehead atoms. The SMILES string of the molecule is C=CCC(C)(N)C(=O)OC.CC. The summed E-state index contributed by atoms with van der Waals surface area (Å²) in [7, 11) is 1.32. The molecular weight excluding hydrogens is 154 g/mol. The van der Waals surface area contributed by atoms with E-state index in [1.807, 2.05) is 13.8 Å². The van der Waals surface area contributed by atoms with Crippen LogP contribution >= 0.6 is 0 Å². The van der Waals surface area contributed by atoms with E-state index in [1.54, 1.807) is 13.0 Å². The van der Waals surface area contributed by atoms with Gasteiger partial charge in [0, 0.05) is 0 Å². The first-order valence-corrected chi connectivity index (χ1v) is 4.03. The molecule has 0 heterocycles. The smallest absolute Gasteiger partial charge is 0.325 e. The number of carbonyl (C=O) groups is 1. The highest BCUT2D eigenvalue weighted by molar-refractivity contribution is 5.80. The lowest BCUT2D eigenvalue weighted by molar-refractivity contribution is -0.146. The molecule has 0 aromatic rings. The predicted molar refractivity (Wildman–Crippen MR) is 50.8 cm³/mol. The van der Waals surface area contributed by atoms with Crippen molar-refractivity contribution in [3.63, 3.8) is 0 Å². The Morgan fingerprint density at radius 1 is 1.67 bits per heavy atom. The second-order valence-electron chi connectivity index (χ2n) is 2.40. The summed E-state index contributed by atoms with van der Waals surface area (Å²) in [6.07, 6.45) is 2.02. The monoisotopic (exact) mass is 173 g/mol. The first kappa shape index (κ1) is 13.7. The van der Waals surface area contributed by atoms with Gasteiger partial charge in [-0.2, -0.15) is 0 Å². The van der Waals surface area contributed by atoms with Crippen LogP contribution in [0.5, 0.6) is 0 Å². The van der Waals surface area contributed by atoms with Crippen LogP contribution in [0.4, 0.5) is 0 Å². The number of carbonyl (C=O) groups excluding carboxylic acids is 1. The zero-order valence-corrected chi connectivity index (χ0v) is 8.39. The number of methoxy groups -OCH3 is 1. The van der Waals surface area contributed by atoms with Crippen molar-refractivity contribution in [2.24, 2.45) is 5.73 Å². The topological polar surface area (TPSA) is 52.3 Å². The Kier molecular flexibility index (Phi) is 7.85. The van der Waals surface area contributed by atoms with Crippen LogP contribution in [0.1, 0.15) is 27.2 Å². The summed E-state index contributed by atoms with van der Waals surface area (Å²) in [5, 5.41) is 0. The van der Waals surface area contributed by atoms with E-state index in [2.05, 4.69) is 11.3 Å². The molecule has 0 aromatic carbocycles. The van der Waals surface area contributed by atoms with Crippen molar-refractivity contribution in [3.8, 4) is 0 Å². The molecule has 1 unspecified atom stereocenters. The zero-order chi connectivity index (χ0) is 10.2. The summed E-state index contributed by atoms with van der Waals surface area (Å²) in [5.41, 5.74) is 4.62. The van der Waals surface area contributed by atoms with Crippen LogP contribution in [0.15, 0.2) is 12.7 Å². The van der Waals surface area contributed by atoms with E-state index in [9.17, 15) is 4.79 Å². The van der Waals surface area contributed by atoms with Gasteiger partial charge in [0.2, 0.25) is 0 Å². The van der Waals surface area contributed by atoms with Crippen LogP contribution in [0, 0.1) is 0 Å². The quantitative estimate of drug-likeness (QED) is 0.519. The Morgan fingerprint density at radius 3 is 2.33 bits per heavy atom. The number of esters is 1. The van der Waals surface area contributed by atoms with E-state index in [0.717, 1.165) is 0 Å². The summed E-state index contributed by atoms with van der Waals surface area (Å²) >= 11 is 0. The molecule has 0 aliphatic rings. The third-order valence-electron chi connectivity index (χ3n) is 1.22. The molecule has 3 heteroatoms. The Bertz CT molecular complexity index is 141. The normalized spacial score (nSPS) is 13.4. The van der Waals surface area contributed by atoms with Gasteiger partial charge in [0.15, 0.2) is 0 Å². The summed E-state index contributed by atoms with van der Waals surface area (Å²) in [6, 6.07) is 0. The van der Waals surface area contributed by atoms with Gasteiger partial charge in [0.25, 0.3) is 0 Å². The molecule has 72 valence electrons. The van der Waals surface area contributed by atoms with Crippen molar-refractivity contribution in [1.29, 1.82) is 0 Å². The molecule has 0 radical (unpaired) electrons. The van der Waals surface area contributed by atoms with Gasteiger partial charge in [-0.05, 0) is 13.3 Å². The fourth-order valence-corrected chi connectivity index (χ4v) is 0.616. The average Bonchev–Trinajstić information content (AvgIpc) is 2.06. The number of ether oxygens (including phenoxy) is 1. The van der Waals surface area contributed by atoms with E-state index >= 15 is 0 Å². The van der Waals surface area contributed by atoms with Gasteiger partial charge in [0.05, 0.1) is 7.11 Å². The van der Waals surface area contributed by atoms with Gasteiger partial charge in [-0.25, -0.2) is 0 Å². The molecule has 0 rings (SSSR count). The number of hydrogen-bond acceptors (Lipinski definition) is 3. The number of rotatable bonds is 3. The summed E-state index contributed by atoms with van der Waals surface area (Å²) in [6.45, 7) is 9.09. The molecule has 2 N–H and O–H groups in total. The van der Waals surface area contributed by atoms with Gasteiger partial charge in [-0.1, -0.05) is 19.9 Å². The molecular formula is C9H19NO2. The molecule has 0 aliphatic heterocycles. The number of hydrogen-bond donors (Lipinski definition) is 1.